The van der Waals surface area contributed by atoms with E-state index in [1.807, 2.05) is 44.2 Å². The molecule has 0 saturated heterocycles. The topological polar surface area (TPSA) is 82.6 Å². The van der Waals surface area contributed by atoms with Crippen LogP contribution in [0, 0.1) is 0 Å². The van der Waals surface area contributed by atoms with Crippen LogP contribution in [0.5, 0.6) is 0 Å². The van der Waals surface area contributed by atoms with E-state index in [1.54, 1.807) is 47.5 Å². The minimum atomic E-state index is -3.53. The van der Waals surface area contributed by atoms with Crippen molar-refractivity contribution in [2.75, 3.05) is 18.4 Å². The second kappa shape index (κ2) is 9.10. The highest BCUT2D eigenvalue weighted by molar-refractivity contribution is 7.89. The van der Waals surface area contributed by atoms with Gasteiger partial charge >= 0.3 is 0 Å². The van der Waals surface area contributed by atoms with Gasteiger partial charge < -0.3 is 10.2 Å². The zero-order valence-corrected chi connectivity index (χ0v) is 18.9. The quantitative estimate of drug-likeness (QED) is 0.563. The van der Waals surface area contributed by atoms with E-state index < -0.39 is 16.2 Å². The number of fused-ring (bicyclic) bond motifs is 1. The molecule has 1 atom stereocenters. The van der Waals surface area contributed by atoms with Crippen molar-refractivity contribution in [3.05, 3.63) is 89.7 Å². The number of carbonyl (C=O) groups excluding carboxylic acids is 1. The number of anilines is 1. The molecular weight excluding hydrogens is 424 g/mol. The lowest BCUT2D eigenvalue weighted by atomic mass is 10.2. The average Bonchev–Trinajstić information content (AvgIpc) is 3.07. The van der Waals surface area contributed by atoms with E-state index in [9.17, 15) is 13.2 Å². The van der Waals surface area contributed by atoms with E-state index in [0.717, 1.165) is 5.56 Å². The van der Waals surface area contributed by atoms with Gasteiger partial charge in [0.2, 0.25) is 10.0 Å². The van der Waals surface area contributed by atoms with E-state index in [4.69, 9.17) is 0 Å². The van der Waals surface area contributed by atoms with Crippen molar-refractivity contribution in [2.24, 2.45) is 0 Å². The van der Waals surface area contributed by atoms with Crippen LogP contribution < -0.4 is 5.32 Å². The largest absolute Gasteiger partial charge is 0.360 e. The molecule has 0 spiro atoms. The summed E-state index contributed by atoms with van der Waals surface area (Å²) in [4.78, 5) is 19.5. The summed E-state index contributed by atoms with van der Waals surface area (Å²) < 4.78 is 26.9. The second-order valence-corrected chi connectivity index (χ2v) is 9.45. The molecule has 0 saturated carbocycles. The predicted molar refractivity (Wildman–Crippen MR) is 123 cm³/mol. The van der Waals surface area contributed by atoms with Crippen LogP contribution in [-0.2, 0) is 16.6 Å². The van der Waals surface area contributed by atoms with Gasteiger partial charge in [-0.1, -0.05) is 44.2 Å². The second-order valence-electron chi connectivity index (χ2n) is 7.52. The molecule has 0 radical (unpaired) electrons. The van der Waals surface area contributed by atoms with Crippen LogP contribution in [0.4, 0.5) is 5.69 Å². The van der Waals surface area contributed by atoms with E-state index in [0.29, 0.717) is 36.6 Å². The maximum Gasteiger partial charge on any atom is 0.258 e. The van der Waals surface area contributed by atoms with Crippen LogP contribution in [0.1, 0.15) is 41.6 Å². The standard InChI is InChI=1S/C24H26N4O3S/c1-3-27(4-2)32(30,31)20-14-12-19(13-15-20)26-23-22-21(11-8-16-25-22)24(29)28(23)17-18-9-6-5-7-10-18/h5-16,23,26H,3-4,17H2,1-2H3/t23-/m0/s1. The lowest BCUT2D eigenvalue weighted by Gasteiger charge is -2.27. The number of benzene rings is 2. The van der Waals surface area contributed by atoms with Crippen molar-refractivity contribution < 1.29 is 13.2 Å². The number of sulfonamides is 1. The number of amides is 1. The smallest absolute Gasteiger partial charge is 0.258 e. The van der Waals surface area contributed by atoms with Crippen molar-refractivity contribution in [1.29, 1.82) is 0 Å². The van der Waals surface area contributed by atoms with Crippen LogP contribution in [0.3, 0.4) is 0 Å². The summed E-state index contributed by atoms with van der Waals surface area (Å²) in [6.07, 6.45) is 1.22. The molecule has 7 nitrogen and oxygen atoms in total. The van der Waals surface area contributed by atoms with Gasteiger partial charge in [0.15, 0.2) is 0 Å². The van der Waals surface area contributed by atoms with Gasteiger partial charge in [0.1, 0.15) is 6.17 Å². The number of carbonyl (C=O) groups is 1. The van der Waals surface area contributed by atoms with Crippen molar-refractivity contribution in [2.45, 2.75) is 31.5 Å². The fourth-order valence-corrected chi connectivity index (χ4v) is 5.38. The third kappa shape index (κ3) is 4.11. The molecule has 4 rings (SSSR count). The first-order valence-electron chi connectivity index (χ1n) is 10.6. The summed E-state index contributed by atoms with van der Waals surface area (Å²) in [7, 11) is -3.53. The maximum absolute atomic E-state index is 13.1. The van der Waals surface area contributed by atoms with Gasteiger partial charge in [-0.25, -0.2) is 8.42 Å². The molecule has 1 N–H and O–H groups in total. The van der Waals surface area contributed by atoms with E-state index in [1.165, 1.54) is 4.31 Å². The Labute approximate surface area is 188 Å². The summed E-state index contributed by atoms with van der Waals surface area (Å²) in [6.45, 7) is 4.90. The average molecular weight is 451 g/mol. The molecule has 1 aromatic heterocycles. The highest BCUT2D eigenvalue weighted by Gasteiger charge is 2.37. The predicted octanol–water partition coefficient (Wildman–Crippen LogP) is 3.88. The Morgan fingerprint density at radius 1 is 0.969 bits per heavy atom. The van der Waals surface area contributed by atoms with Gasteiger partial charge in [0.05, 0.1) is 16.2 Å². The van der Waals surface area contributed by atoms with Gasteiger partial charge in [0, 0.05) is 31.5 Å². The summed E-state index contributed by atoms with van der Waals surface area (Å²) in [5.74, 6) is -0.0878. The van der Waals surface area contributed by atoms with Crippen molar-refractivity contribution in [1.82, 2.24) is 14.2 Å². The van der Waals surface area contributed by atoms with E-state index in [2.05, 4.69) is 10.3 Å². The molecule has 2 aromatic carbocycles. The monoisotopic (exact) mass is 450 g/mol. The SMILES string of the molecule is CCN(CC)S(=O)(=O)c1ccc(N[C@@H]2c3ncccc3C(=O)N2Cc2ccccc2)cc1. The van der Waals surface area contributed by atoms with Crippen LogP contribution in [0.15, 0.2) is 77.8 Å². The first-order valence-corrected chi connectivity index (χ1v) is 12.1. The number of pyridine rings is 1. The Morgan fingerprint density at radius 2 is 1.66 bits per heavy atom. The highest BCUT2D eigenvalue weighted by atomic mass is 32.2. The lowest BCUT2D eigenvalue weighted by Crippen LogP contribution is -2.32. The molecule has 2 heterocycles. The molecular formula is C24H26N4O3S. The number of hydrogen-bond acceptors (Lipinski definition) is 5. The van der Waals surface area contributed by atoms with Gasteiger partial charge in [-0.05, 0) is 42.0 Å². The maximum atomic E-state index is 13.1. The minimum Gasteiger partial charge on any atom is -0.360 e. The molecule has 0 bridgehead atoms. The first-order chi connectivity index (χ1) is 15.5. The van der Waals surface area contributed by atoms with Crippen LogP contribution >= 0.6 is 0 Å². The molecule has 0 fully saturated rings. The summed E-state index contributed by atoms with van der Waals surface area (Å²) >= 11 is 0. The molecule has 1 aliphatic rings. The number of nitrogens with zero attached hydrogens (tertiary/aromatic N) is 3. The van der Waals surface area contributed by atoms with Gasteiger partial charge in [-0.3, -0.25) is 9.78 Å². The summed E-state index contributed by atoms with van der Waals surface area (Å²) in [5, 5.41) is 3.37. The Morgan fingerprint density at radius 3 is 2.31 bits per heavy atom. The molecule has 0 unspecified atom stereocenters. The molecule has 1 amide bonds. The number of nitrogens with one attached hydrogen (secondary N) is 1. The Balaban J connectivity index is 1.62. The molecule has 1 aliphatic heterocycles. The lowest BCUT2D eigenvalue weighted by molar-refractivity contribution is 0.0727. The van der Waals surface area contributed by atoms with Crippen LogP contribution in [0.25, 0.3) is 0 Å². The van der Waals surface area contributed by atoms with Gasteiger partial charge in [-0.2, -0.15) is 4.31 Å². The summed E-state index contributed by atoms with van der Waals surface area (Å²) in [6, 6.07) is 20.0. The van der Waals surface area contributed by atoms with Crippen molar-refractivity contribution in [3.63, 3.8) is 0 Å². The number of hydrogen-bond donors (Lipinski definition) is 1. The van der Waals surface area contributed by atoms with E-state index in [-0.39, 0.29) is 10.8 Å². The molecule has 3 aromatic rings. The molecule has 0 aliphatic carbocycles. The zero-order valence-electron chi connectivity index (χ0n) is 18.1. The molecule has 166 valence electrons. The Bertz CT molecular complexity index is 1190. The number of aromatic nitrogens is 1. The highest BCUT2D eigenvalue weighted by Crippen LogP contribution is 2.34. The van der Waals surface area contributed by atoms with Gasteiger partial charge in [-0.15, -0.1) is 0 Å². The van der Waals surface area contributed by atoms with Crippen LogP contribution in [0.2, 0.25) is 0 Å². The third-order valence-electron chi connectivity index (χ3n) is 5.60. The van der Waals surface area contributed by atoms with E-state index >= 15 is 0 Å². The van der Waals surface area contributed by atoms with Gasteiger partial charge in [0.25, 0.3) is 5.91 Å². The van der Waals surface area contributed by atoms with Crippen molar-refractivity contribution in [3.8, 4) is 0 Å². The zero-order chi connectivity index (χ0) is 22.7. The third-order valence-corrected chi connectivity index (χ3v) is 7.66. The first kappa shape index (κ1) is 22.0. The normalized spacial score (nSPS) is 15.8. The summed E-state index contributed by atoms with van der Waals surface area (Å²) in [5.41, 5.74) is 2.95. The fraction of sp³-hybridized carbons (Fsp3) is 0.250. The number of rotatable bonds is 8. The fourth-order valence-electron chi connectivity index (χ4n) is 3.92. The Kier molecular flexibility index (Phi) is 6.25. The molecule has 32 heavy (non-hydrogen) atoms. The van der Waals surface area contributed by atoms with Crippen molar-refractivity contribution >= 4 is 21.6 Å². The molecule has 8 heteroatoms. The Hall–Kier alpha value is -3.23. The minimum absolute atomic E-state index is 0.0878. The van der Waals surface area contributed by atoms with Crippen LogP contribution in [-0.4, -0.2) is 41.6 Å².